The molecule has 0 heterocycles. The highest BCUT2D eigenvalue weighted by Gasteiger charge is 2.10. The van der Waals surface area contributed by atoms with Crippen molar-refractivity contribution >= 4 is 23.4 Å². The maximum absolute atomic E-state index is 13.3. The second-order valence-electron chi connectivity index (χ2n) is 6.20. The number of nitrogens with one attached hydrogen (secondary N) is 2. The van der Waals surface area contributed by atoms with E-state index in [-0.39, 0.29) is 43.5 Å². The van der Waals surface area contributed by atoms with Crippen molar-refractivity contribution in [3.63, 3.8) is 0 Å². The Morgan fingerprint density at radius 1 is 0.967 bits per heavy atom. The van der Waals surface area contributed by atoms with Crippen LogP contribution < -0.4 is 20.1 Å². The van der Waals surface area contributed by atoms with Crippen LogP contribution in [0.25, 0.3) is 0 Å². The first-order valence-electron chi connectivity index (χ1n) is 9.01. The van der Waals surface area contributed by atoms with Crippen LogP contribution in [0.4, 0.5) is 8.78 Å². The van der Waals surface area contributed by atoms with Gasteiger partial charge >= 0.3 is 0 Å². The Kier molecular flexibility index (Phi) is 9.30. The minimum atomic E-state index is -0.883. The van der Waals surface area contributed by atoms with Crippen LogP contribution in [0.2, 0.25) is 5.02 Å². The van der Waals surface area contributed by atoms with Crippen LogP contribution in [0.15, 0.2) is 42.5 Å². The van der Waals surface area contributed by atoms with Crippen LogP contribution in [-0.2, 0) is 9.59 Å². The molecule has 30 heavy (non-hydrogen) atoms. The molecule has 0 saturated carbocycles. The van der Waals surface area contributed by atoms with Crippen molar-refractivity contribution in [2.75, 3.05) is 26.3 Å². The number of hydrogen-bond donors (Lipinski definition) is 3. The Balaban J connectivity index is 1.55. The van der Waals surface area contributed by atoms with E-state index in [0.29, 0.717) is 5.75 Å². The van der Waals surface area contributed by atoms with E-state index in [2.05, 4.69) is 10.6 Å². The summed E-state index contributed by atoms with van der Waals surface area (Å²) in [6.45, 7) is -0.478. The van der Waals surface area contributed by atoms with Gasteiger partial charge in [-0.25, -0.2) is 8.78 Å². The molecule has 0 radical (unpaired) electrons. The Morgan fingerprint density at radius 2 is 1.57 bits per heavy atom. The van der Waals surface area contributed by atoms with Crippen molar-refractivity contribution in [3.8, 4) is 11.5 Å². The molecule has 7 nitrogen and oxygen atoms in total. The van der Waals surface area contributed by atoms with Gasteiger partial charge in [0.1, 0.15) is 23.1 Å². The van der Waals surface area contributed by atoms with Crippen LogP contribution >= 0.6 is 11.6 Å². The highest BCUT2D eigenvalue weighted by molar-refractivity contribution is 6.30. The van der Waals surface area contributed by atoms with Gasteiger partial charge in [-0.15, -0.1) is 0 Å². The number of aliphatic hydroxyl groups excluding tert-OH is 1. The fourth-order valence-corrected chi connectivity index (χ4v) is 2.33. The van der Waals surface area contributed by atoms with Gasteiger partial charge in [0.25, 0.3) is 11.8 Å². The topological polar surface area (TPSA) is 96.9 Å². The number of ether oxygens (including phenoxy) is 2. The Morgan fingerprint density at radius 3 is 2.23 bits per heavy atom. The Labute approximate surface area is 176 Å². The first-order chi connectivity index (χ1) is 14.3. The van der Waals surface area contributed by atoms with E-state index in [4.69, 9.17) is 21.1 Å². The lowest BCUT2D eigenvalue weighted by Gasteiger charge is -2.13. The summed E-state index contributed by atoms with van der Waals surface area (Å²) in [5.41, 5.74) is 0. The zero-order valence-corrected chi connectivity index (χ0v) is 16.6. The van der Waals surface area contributed by atoms with E-state index in [9.17, 15) is 23.5 Å². The molecule has 0 aliphatic rings. The SMILES string of the molecule is O=C(COc1ccc(Cl)c(F)c1)NCC[C@@H](O)CNC(=O)COc1ccc(F)cc1. The molecular weight excluding hydrogens is 422 g/mol. The van der Waals surface area contributed by atoms with Crippen LogP contribution in [-0.4, -0.2) is 49.3 Å². The molecular formula is C20H21ClF2N2O5. The first kappa shape index (κ1) is 23.4. The van der Waals surface area contributed by atoms with Gasteiger partial charge in [-0.1, -0.05) is 11.6 Å². The highest BCUT2D eigenvalue weighted by atomic mass is 35.5. The predicted octanol–water partition coefficient (Wildman–Crippen LogP) is 2.06. The molecule has 2 rings (SSSR count). The van der Waals surface area contributed by atoms with Crippen molar-refractivity contribution in [1.29, 1.82) is 0 Å². The molecule has 0 aromatic heterocycles. The highest BCUT2D eigenvalue weighted by Crippen LogP contribution is 2.20. The molecule has 1 atom stereocenters. The molecule has 2 amide bonds. The minimum Gasteiger partial charge on any atom is -0.484 e. The number of aliphatic hydroxyl groups is 1. The molecule has 3 N–H and O–H groups in total. The van der Waals surface area contributed by atoms with Crippen molar-refractivity contribution in [3.05, 3.63) is 59.1 Å². The van der Waals surface area contributed by atoms with Gasteiger partial charge in [-0.3, -0.25) is 9.59 Å². The van der Waals surface area contributed by atoms with Crippen molar-refractivity contribution in [1.82, 2.24) is 10.6 Å². The smallest absolute Gasteiger partial charge is 0.258 e. The number of rotatable bonds is 11. The zero-order valence-electron chi connectivity index (χ0n) is 15.9. The van der Waals surface area contributed by atoms with Gasteiger partial charge in [0.05, 0.1) is 11.1 Å². The number of carbonyl (C=O) groups excluding carboxylic acids is 2. The first-order valence-corrected chi connectivity index (χ1v) is 9.39. The number of amides is 2. The van der Waals surface area contributed by atoms with Crippen molar-refractivity contribution in [2.45, 2.75) is 12.5 Å². The summed E-state index contributed by atoms with van der Waals surface area (Å²) in [7, 11) is 0. The fourth-order valence-electron chi connectivity index (χ4n) is 2.21. The van der Waals surface area contributed by atoms with Crippen LogP contribution in [0.3, 0.4) is 0 Å². The average Bonchev–Trinajstić information content (AvgIpc) is 2.72. The van der Waals surface area contributed by atoms with Gasteiger partial charge in [0.2, 0.25) is 0 Å². The van der Waals surface area contributed by atoms with Gasteiger partial charge in [-0.2, -0.15) is 0 Å². The van der Waals surface area contributed by atoms with E-state index < -0.39 is 29.6 Å². The molecule has 0 fully saturated rings. The maximum Gasteiger partial charge on any atom is 0.258 e. The molecule has 2 aromatic carbocycles. The molecule has 0 saturated heterocycles. The van der Waals surface area contributed by atoms with E-state index in [1.54, 1.807) is 0 Å². The summed E-state index contributed by atoms with van der Waals surface area (Å²) in [5, 5.41) is 14.8. The second kappa shape index (κ2) is 11.9. The summed E-state index contributed by atoms with van der Waals surface area (Å²) in [6.07, 6.45) is -0.688. The third-order valence-electron chi connectivity index (χ3n) is 3.78. The molecule has 162 valence electrons. The summed E-state index contributed by atoms with van der Waals surface area (Å²) in [6, 6.07) is 9.04. The van der Waals surface area contributed by atoms with Crippen LogP contribution in [0.5, 0.6) is 11.5 Å². The normalized spacial score (nSPS) is 11.5. The lowest BCUT2D eigenvalue weighted by atomic mass is 10.2. The largest absolute Gasteiger partial charge is 0.484 e. The molecule has 2 aromatic rings. The summed E-state index contributed by atoms with van der Waals surface area (Å²) in [4.78, 5) is 23.4. The van der Waals surface area contributed by atoms with Crippen LogP contribution in [0, 0.1) is 11.6 Å². The predicted molar refractivity (Wildman–Crippen MR) is 105 cm³/mol. The number of hydrogen-bond acceptors (Lipinski definition) is 5. The molecule has 10 heteroatoms. The minimum absolute atomic E-state index is 0.0258. The van der Waals surface area contributed by atoms with E-state index >= 15 is 0 Å². The Bertz CT molecular complexity index is 852. The standard InChI is InChI=1S/C20H21ClF2N2O5/c21-17-6-5-16(9-18(17)23)30-11-19(27)24-8-7-14(26)10-25-20(28)12-29-15-3-1-13(22)2-4-15/h1-6,9,14,26H,7-8,10-12H2,(H,24,27)(H,25,28)/t14-/m1/s1. The molecule has 0 bridgehead atoms. The second-order valence-corrected chi connectivity index (χ2v) is 6.61. The Hall–Kier alpha value is -2.91. The molecule has 0 unspecified atom stereocenters. The molecule has 0 aliphatic heterocycles. The summed E-state index contributed by atoms with van der Waals surface area (Å²) in [5.74, 6) is -1.45. The van der Waals surface area contributed by atoms with E-state index in [0.717, 1.165) is 6.07 Å². The van der Waals surface area contributed by atoms with E-state index in [1.165, 1.54) is 36.4 Å². The maximum atomic E-state index is 13.3. The van der Waals surface area contributed by atoms with Crippen LogP contribution in [0.1, 0.15) is 6.42 Å². The quantitative estimate of drug-likeness (QED) is 0.495. The third-order valence-corrected chi connectivity index (χ3v) is 4.09. The summed E-state index contributed by atoms with van der Waals surface area (Å²) < 4.78 is 36.4. The third kappa shape index (κ3) is 8.62. The number of carbonyl (C=O) groups is 2. The van der Waals surface area contributed by atoms with Gasteiger partial charge < -0.3 is 25.2 Å². The van der Waals surface area contributed by atoms with Crippen molar-refractivity contribution in [2.24, 2.45) is 0 Å². The lowest BCUT2D eigenvalue weighted by molar-refractivity contribution is -0.124. The monoisotopic (exact) mass is 442 g/mol. The lowest BCUT2D eigenvalue weighted by Crippen LogP contribution is -2.37. The van der Waals surface area contributed by atoms with Gasteiger partial charge in [-0.05, 0) is 42.8 Å². The molecule has 0 spiro atoms. The number of benzene rings is 2. The number of halogens is 3. The van der Waals surface area contributed by atoms with Gasteiger partial charge in [0.15, 0.2) is 13.2 Å². The molecule has 0 aliphatic carbocycles. The summed E-state index contributed by atoms with van der Waals surface area (Å²) >= 11 is 5.56. The fraction of sp³-hybridized carbons (Fsp3) is 0.300. The van der Waals surface area contributed by atoms with Gasteiger partial charge in [0, 0.05) is 19.2 Å². The average molecular weight is 443 g/mol. The van der Waals surface area contributed by atoms with Crippen molar-refractivity contribution < 1.29 is 33.0 Å². The van der Waals surface area contributed by atoms with E-state index in [1.807, 2.05) is 0 Å². The zero-order chi connectivity index (χ0) is 21.9.